The number of amides is 1. The first kappa shape index (κ1) is 12.2. The van der Waals surface area contributed by atoms with Crippen LogP contribution in [0.15, 0.2) is 36.1 Å². The van der Waals surface area contributed by atoms with Crippen LogP contribution >= 0.6 is 0 Å². The molecule has 4 nitrogen and oxygen atoms in total. The summed E-state index contributed by atoms with van der Waals surface area (Å²) in [7, 11) is 0. The van der Waals surface area contributed by atoms with Gasteiger partial charge in [0, 0.05) is 19.0 Å². The highest BCUT2D eigenvalue weighted by molar-refractivity contribution is 5.84. The summed E-state index contributed by atoms with van der Waals surface area (Å²) < 4.78 is 5.08. The highest BCUT2D eigenvalue weighted by atomic mass is 16.5. The Bertz CT molecular complexity index is 508. The summed E-state index contributed by atoms with van der Waals surface area (Å²) >= 11 is 0. The average Bonchev–Trinajstić information content (AvgIpc) is 2.36. The molecule has 1 heterocycles. The van der Waals surface area contributed by atoms with Crippen LogP contribution in [-0.4, -0.2) is 18.0 Å². The average molecular weight is 243 g/mol. The van der Waals surface area contributed by atoms with Gasteiger partial charge < -0.3 is 10.1 Å². The number of fused-ring (bicyclic) bond motifs is 1. The van der Waals surface area contributed by atoms with E-state index < -0.39 is 12.1 Å². The molecule has 0 saturated carbocycles. The van der Waals surface area contributed by atoms with E-state index in [0.717, 1.165) is 5.57 Å². The standard InChI is InChI=1S/C14H13NO3/c1-3-13(18-9(2)16)11-5-4-6-12-10(11)7-8-15-14(12)17/h1,4-8,10,12-13H,2H3,(H,15,17). The Morgan fingerprint density at radius 1 is 1.50 bits per heavy atom. The predicted molar refractivity (Wildman–Crippen MR) is 65.9 cm³/mol. The fourth-order valence-corrected chi connectivity index (χ4v) is 2.16. The van der Waals surface area contributed by atoms with Crippen LogP contribution in [0.1, 0.15) is 6.92 Å². The molecule has 1 N–H and O–H groups in total. The summed E-state index contributed by atoms with van der Waals surface area (Å²) in [6, 6.07) is 0. The van der Waals surface area contributed by atoms with Crippen molar-refractivity contribution < 1.29 is 14.3 Å². The van der Waals surface area contributed by atoms with Crippen LogP contribution in [0.5, 0.6) is 0 Å². The van der Waals surface area contributed by atoms with E-state index in [0.29, 0.717) is 0 Å². The molecule has 0 saturated heterocycles. The Morgan fingerprint density at radius 2 is 2.28 bits per heavy atom. The van der Waals surface area contributed by atoms with Crippen LogP contribution in [0.3, 0.4) is 0 Å². The Kier molecular flexibility index (Phi) is 3.33. The van der Waals surface area contributed by atoms with Crippen molar-refractivity contribution in [2.45, 2.75) is 13.0 Å². The zero-order chi connectivity index (χ0) is 13.1. The molecule has 0 aromatic heterocycles. The largest absolute Gasteiger partial charge is 0.445 e. The zero-order valence-electron chi connectivity index (χ0n) is 9.92. The number of carbonyl (C=O) groups is 2. The van der Waals surface area contributed by atoms with E-state index in [-0.39, 0.29) is 17.7 Å². The molecule has 0 radical (unpaired) electrons. The second kappa shape index (κ2) is 4.92. The van der Waals surface area contributed by atoms with Crippen LogP contribution in [-0.2, 0) is 14.3 Å². The van der Waals surface area contributed by atoms with Crippen molar-refractivity contribution in [1.29, 1.82) is 0 Å². The molecule has 1 aliphatic carbocycles. The molecular weight excluding hydrogens is 230 g/mol. The summed E-state index contributed by atoms with van der Waals surface area (Å²) in [6.07, 6.45) is 13.5. The molecule has 3 unspecified atom stereocenters. The van der Waals surface area contributed by atoms with Crippen LogP contribution < -0.4 is 5.32 Å². The van der Waals surface area contributed by atoms with Crippen molar-refractivity contribution in [3.8, 4) is 12.3 Å². The molecule has 18 heavy (non-hydrogen) atoms. The van der Waals surface area contributed by atoms with Gasteiger partial charge >= 0.3 is 5.97 Å². The van der Waals surface area contributed by atoms with Crippen LogP contribution in [0.2, 0.25) is 0 Å². The van der Waals surface area contributed by atoms with E-state index in [9.17, 15) is 9.59 Å². The molecule has 4 heteroatoms. The Morgan fingerprint density at radius 3 is 2.94 bits per heavy atom. The molecule has 0 fully saturated rings. The molecule has 2 aliphatic rings. The number of hydrogen-bond donors (Lipinski definition) is 1. The molecule has 2 rings (SSSR count). The highest BCUT2D eigenvalue weighted by Gasteiger charge is 2.34. The topological polar surface area (TPSA) is 55.4 Å². The third-order valence-electron chi connectivity index (χ3n) is 2.95. The van der Waals surface area contributed by atoms with Crippen LogP contribution in [0, 0.1) is 24.2 Å². The molecule has 1 amide bonds. The monoisotopic (exact) mass is 243 g/mol. The van der Waals surface area contributed by atoms with Gasteiger partial charge in [-0.3, -0.25) is 9.59 Å². The first-order valence-corrected chi connectivity index (χ1v) is 5.62. The van der Waals surface area contributed by atoms with Gasteiger partial charge in [-0.15, -0.1) is 6.42 Å². The van der Waals surface area contributed by atoms with Crippen LogP contribution in [0.25, 0.3) is 0 Å². The normalized spacial score (nSPS) is 26.4. The van der Waals surface area contributed by atoms with E-state index in [1.807, 2.05) is 12.2 Å². The number of rotatable bonds is 2. The maximum absolute atomic E-state index is 11.7. The lowest BCUT2D eigenvalue weighted by atomic mass is 9.78. The van der Waals surface area contributed by atoms with Crippen molar-refractivity contribution in [3.05, 3.63) is 36.1 Å². The minimum Gasteiger partial charge on any atom is -0.445 e. The molecule has 92 valence electrons. The van der Waals surface area contributed by atoms with Crippen molar-refractivity contribution in [1.82, 2.24) is 5.32 Å². The van der Waals surface area contributed by atoms with Gasteiger partial charge in [0.1, 0.15) is 0 Å². The van der Waals surface area contributed by atoms with E-state index in [1.54, 1.807) is 18.4 Å². The van der Waals surface area contributed by atoms with Gasteiger partial charge in [-0.2, -0.15) is 0 Å². The Labute approximate surface area is 105 Å². The van der Waals surface area contributed by atoms with Crippen molar-refractivity contribution in [3.63, 3.8) is 0 Å². The summed E-state index contributed by atoms with van der Waals surface area (Å²) in [4.78, 5) is 22.7. The van der Waals surface area contributed by atoms with Gasteiger partial charge in [0.05, 0.1) is 5.92 Å². The number of hydrogen-bond acceptors (Lipinski definition) is 3. The molecule has 0 aromatic carbocycles. The van der Waals surface area contributed by atoms with Crippen molar-refractivity contribution in [2.75, 3.05) is 0 Å². The summed E-state index contributed by atoms with van der Waals surface area (Å²) in [5.41, 5.74) is 0.756. The predicted octanol–water partition coefficient (Wildman–Crippen LogP) is 0.923. The van der Waals surface area contributed by atoms with Gasteiger partial charge in [-0.25, -0.2) is 0 Å². The SMILES string of the molecule is C#CC(OC(C)=O)C1=CC=CC2C(=O)NC=CC12. The van der Waals surface area contributed by atoms with E-state index in [1.165, 1.54) is 6.92 Å². The zero-order valence-corrected chi connectivity index (χ0v) is 9.92. The summed E-state index contributed by atoms with van der Waals surface area (Å²) in [5, 5.41) is 2.64. The van der Waals surface area contributed by atoms with Gasteiger partial charge in [0.15, 0.2) is 6.10 Å². The smallest absolute Gasteiger partial charge is 0.304 e. The number of ether oxygens (including phenoxy) is 1. The number of carbonyl (C=O) groups excluding carboxylic acids is 2. The maximum atomic E-state index is 11.7. The van der Waals surface area contributed by atoms with Gasteiger partial charge in [-0.1, -0.05) is 30.2 Å². The summed E-state index contributed by atoms with van der Waals surface area (Å²) in [5.74, 6) is 1.48. The molecular formula is C14H13NO3. The van der Waals surface area contributed by atoms with Crippen molar-refractivity contribution in [2.24, 2.45) is 11.8 Å². The maximum Gasteiger partial charge on any atom is 0.304 e. The quantitative estimate of drug-likeness (QED) is 0.579. The van der Waals surface area contributed by atoms with Crippen LogP contribution in [0.4, 0.5) is 0 Å². The molecule has 0 bridgehead atoms. The van der Waals surface area contributed by atoms with Gasteiger partial charge in [0.2, 0.25) is 5.91 Å². The summed E-state index contributed by atoms with van der Waals surface area (Å²) in [6.45, 7) is 1.31. The van der Waals surface area contributed by atoms with Gasteiger partial charge in [0.25, 0.3) is 0 Å². The Balaban J connectivity index is 2.29. The molecule has 1 aliphatic heterocycles. The number of allylic oxidation sites excluding steroid dienone is 3. The molecule has 3 atom stereocenters. The minimum atomic E-state index is -0.726. The fraction of sp³-hybridized carbons (Fsp3) is 0.286. The lowest BCUT2D eigenvalue weighted by molar-refractivity contribution is -0.142. The first-order valence-electron chi connectivity index (χ1n) is 5.62. The second-order valence-corrected chi connectivity index (χ2v) is 4.13. The third kappa shape index (κ3) is 2.21. The number of esters is 1. The molecule has 0 aromatic rings. The number of nitrogens with one attached hydrogen (secondary N) is 1. The Hall–Kier alpha value is -2.28. The minimum absolute atomic E-state index is 0.0806. The third-order valence-corrected chi connectivity index (χ3v) is 2.95. The number of terminal acetylenes is 1. The lowest BCUT2D eigenvalue weighted by Gasteiger charge is -2.31. The molecule has 0 spiro atoms. The van der Waals surface area contributed by atoms with E-state index in [2.05, 4.69) is 11.2 Å². The first-order chi connectivity index (χ1) is 8.63. The second-order valence-electron chi connectivity index (χ2n) is 4.13. The fourth-order valence-electron chi connectivity index (χ4n) is 2.16. The van der Waals surface area contributed by atoms with Gasteiger partial charge in [-0.05, 0) is 5.57 Å². The van der Waals surface area contributed by atoms with Crippen molar-refractivity contribution >= 4 is 11.9 Å². The van der Waals surface area contributed by atoms with E-state index >= 15 is 0 Å². The highest BCUT2D eigenvalue weighted by Crippen LogP contribution is 2.32. The lowest BCUT2D eigenvalue weighted by Crippen LogP contribution is -2.38. The van der Waals surface area contributed by atoms with E-state index in [4.69, 9.17) is 11.2 Å².